The molecule has 30 nitrogen and oxygen atoms in total. The minimum Gasteiger partial charge on any atom is -0.495 e. The van der Waals surface area contributed by atoms with E-state index in [0.29, 0.717) is 79.8 Å². The number of benzene rings is 9. The van der Waals surface area contributed by atoms with Crippen LogP contribution in [0.5, 0.6) is 11.5 Å². The topological polar surface area (TPSA) is 333 Å². The van der Waals surface area contributed by atoms with E-state index in [1.165, 1.54) is 49.1 Å². The average molecular weight is 1840 g/mol. The van der Waals surface area contributed by atoms with Crippen LogP contribution in [0.25, 0.3) is 0 Å². The van der Waals surface area contributed by atoms with Gasteiger partial charge in [0.15, 0.2) is 11.6 Å². The number of carbonyl (C=O) groups is 5. The zero-order chi connectivity index (χ0) is 93.3. The molecule has 15 rings (SSSR count). The number of hydrogen-bond donors (Lipinski definition) is 11. The molecule has 9 aromatic carbocycles. The Morgan fingerprint density at radius 3 is 1.11 bits per heavy atom. The number of methoxy groups -OCH3 is 1. The Balaban J connectivity index is 0.000000169. The van der Waals surface area contributed by atoms with Crippen LogP contribution in [-0.2, 0) is 27.4 Å². The lowest BCUT2D eigenvalue weighted by atomic mass is 10.1. The zero-order valence-corrected chi connectivity index (χ0v) is 77.0. The molecule has 0 saturated carbocycles. The van der Waals surface area contributed by atoms with Crippen molar-refractivity contribution < 1.29 is 33.4 Å². The molecule has 3 aliphatic heterocycles. The number of amides is 5. The number of aryl methyl sites for hydroxylation is 4. The molecule has 132 heavy (non-hydrogen) atoms. The van der Waals surface area contributed by atoms with Gasteiger partial charge in [0, 0.05) is 141 Å². The Kier molecular flexibility index (Phi) is 32.8. The molecule has 0 bridgehead atoms. The van der Waals surface area contributed by atoms with Gasteiger partial charge in [-0.05, 0) is 210 Å². The highest BCUT2D eigenvalue weighted by Gasteiger charge is 2.26. The fraction of sp³-hybridized carbons (Fsp3) is 0.222. The van der Waals surface area contributed by atoms with Gasteiger partial charge in [-0.2, -0.15) is 15.0 Å². The third kappa shape index (κ3) is 25.3. The third-order valence-corrected chi connectivity index (χ3v) is 23.4. The van der Waals surface area contributed by atoms with Crippen molar-refractivity contribution in [3.63, 3.8) is 0 Å². The number of ether oxygens (including phenoxy) is 2. The van der Waals surface area contributed by atoms with Crippen molar-refractivity contribution in [2.45, 2.75) is 40.7 Å². The average Bonchev–Trinajstić information content (AvgIpc) is 0.799. The van der Waals surface area contributed by atoms with Gasteiger partial charge in [-0.3, -0.25) is 24.0 Å². The fourth-order valence-corrected chi connectivity index (χ4v) is 15.4. The van der Waals surface area contributed by atoms with E-state index in [1.54, 1.807) is 60.8 Å². The molecule has 6 heterocycles. The summed E-state index contributed by atoms with van der Waals surface area (Å²) in [5, 5.41) is 34.8. The first-order chi connectivity index (χ1) is 63.9. The summed E-state index contributed by atoms with van der Waals surface area (Å²) in [6, 6.07) is 59.3. The van der Waals surface area contributed by atoms with Crippen LogP contribution in [-0.4, -0.2) is 181 Å². The molecule has 3 saturated heterocycles. The van der Waals surface area contributed by atoms with E-state index in [1.807, 2.05) is 125 Å². The highest BCUT2D eigenvalue weighted by atomic mass is 35.5. The van der Waals surface area contributed by atoms with E-state index in [4.69, 9.17) is 49.3 Å². The molecule has 3 fully saturated rings. The number of carbonyl (C=O) groups excluding carboxylic acids is 5. The van der Waals surface area contributed by atoms with Gasteiger partial charge in [0.1, 0.15) is 40.1 Å². The summed E-state index contributed by atoms with van der Waals surface area (Å²) in [5.41, 5.74) is 15.0. The number of para-hydroxylation sites is 7. The molecule has 5 amide bonds. The van der Waals surface area contributed by atoms with Crippen molar-refractivity contribution in [1.82, 2.24) is 44.6 Å². The predicted molar refractivity (Wildman–Crippen MR) is 535 cm³/mol. The molecule has 0 aliphatic carbocycles. The van der Waals surface area contributed by atoms with E-state index in [9.17, 15) is 24.0 Å². The van der Waals surface area contributed by atoms with Crippen LogP contribution in [0.1, 0.15) is 55.5 Å². The van der Waals surface area contributed by atoms with Gasteiger partial charge in [-0.1, -0.05) is 128 Å². The van der Waals surface area contributed by atoms with Crippen LogP contribution in [0.4, 0.5) is 115 Å². The molecular weight excluding hydrogens is 1730 g/mol. The van der Waals surface area contributed by atoms with Gasteiger partial charge >= 0.3 is 0 Å². The van der Waals surface area contributed by atoms with Crippen LogP contribution in [0.3, 0.4) is 0 Å². The van der Waals surface area contributed by atoms with Crippen LogP contribution < -0.4 is 82.7 Å². The van der Waals surface area contributed by atoms with E-state index >= 15 is 0 Å². The number of halogens is 3. The molecule has 0 spiro atoms. The van der Waals surface area contributed by atoms with Crippen LogP contribution in [0.2, 0.25) is 15.1 Å². The molecule has 3 aromatic heterocycles. The summed E-state index contributed by atoms with van der Waals surface area (Å²) in [7, 11) is 7.91. The summed E-state index contributed by atoms with van der Waals surface area (Å²) in [6.07, 6.45) is 8.69. The van der Waals surface area contributed by atoms with Gasteiger partial charge in [0.05, 0.1) is 58.1 Å². The molecule has 33 heteroatoms. The Hall–Kier alpha value is -14.7. The SMILES string of the molecule is C=CC(=O)Nc1ccccc1Nc1nc(Nc2ccc(N3CCN(C)CC3)cc2)ncc1C(=O)Nc1c(C)cccc1C.C=CC(=O)Nc1ccccc1Nc1nc(Nc2ccc(N3CCN(C)CC3)cc2)ncc1C(=O)Nc1c(Cl)c(CC)cc(OC)c1Cl.C=CC(=O)Nc1ccccc1Nc1nc(Nc2ccc(N3CCN(C)CC3)cc2)ncc1OCc1c(C)cccc1Cl. The lowest BCUT2D eigenvalue weighted by molar-refractivity contribution is -0.112. The van der Waals surface area contributed by atoms with Crippen LogP contribution in [0, 0.1) is 20.8 Å². The number of likely N-dealkylation sites (N-methyl/N-ethyl adjacent to an activating group) is 3. The van der Waals surface area contributed by atoms with Crippen molar-refractivity contribution in [3.05, 3.63) is 299 Å². The number of anilines is 20. The van der Waals surface area contributed by atoms with Crippen molar-refractivity contribution in [1.29, 1.82) is 0 Å². The summed E-state index contributed by atoms with van der Waals surface area (Å²) in [5.74, 6) is 0.612. The smallest absolute Gasteiger partial charge is 0.261 e. The highest BCUT2D eigenvalue weighted by molar-refractivity contribution is 6.41. The zero-order valence-electron chi connectivity index (χ0n) is 74.7. The Morgan fingerprint density at radius 1 is 0.394 bits per heavy atom. The fourth-order valence-electron chi connectivity index (χ4n) is 14.5. The number of aromatic nitrogens is 6. The summed E-state index contributed by atoms with van der Waals surface area (Å²) >= 11 is 19.7. The van der Waals surface area contributed by atoms with Gasteiger partial charge < -0.3 is 97.4 Å². The Labute approximate surface area is 783 Å². The van der Waals surface area contributed by atoms with Crippen LogP contribution >= 0.6 is 34.8 Å². The Bertz CT molecular complexity index is 6060. The van der Waals surface area contributed by atoms with E-state index in [2.05, 4.69) is 190 Å². The van der Waals surface area contributed by atoms with E-state index < -0.39 is 11.8 Å². The minimum absolute atomic E-state index is 0.0961. The molecule has 0 atom stereocenters. The second-order valence-corrected chi connectivity index (χ2v) is 32.6. The Morgan fingerprint density at radius 2 is 0.742 bits per heavy atom. The van der Waals surface area contributed by atoms with Crippen LogP contribution in [0.15, 0.2) is 245 Å². The molecule has 12 aromatic rings. The number of nitrogens with zero attached hydrogens (tertiary/aromatic N) is 12. The standard InChI is InChI=1S/C34H36Cl2N8O3.C33H36N8O2.C32H34ClN7O2/c1-5-21-19-27(47-4)30(36)31(29(21)35)41-33(46)24-20-37-34(38-22-11-13-23(14-12-22)44-17-15-43(3)16-18-44)42-32(24)40-26-10-8-7-9-25(26)39-28(45)6-2;1-5-29(42)36-27-11-6-7-12-28(27)37-31-26(32(43)38-30-22(2)9-8-10-23(30)3)21-34-33(39-31)35-24-13-15-25(16-14-24)41-19-17-40(4)18-20-41;1-4-30(41)36-27-10-5-6-11-28(27)37-31-29(42-21-25-22(2)8-7-9-26(25)33)20-34-32(38-31)35-23-12-14-24(15-13-23)40-18-16-39(3)17-19-40/h6-14,19-20H,2,5,15-18H2,1,3-4H3,(H,39,45)(H,41,46)(H2,37,38,40,42);5-16,21H,1,17-20H2,2-4H3,(H,36,42)(H,38,43)(H2,34,35,37,39);4-15,20H,1,16-19,21H2,2-3H3,(H,36,41)(H2,34,35,37,38). The molecule has 0 unspecified atom stereocenters. The molecule has 3 aliphatic rings. The first-order valence-electron chi connectivity index (χ1n) is 42.9. The van der Waals surface area contributed by atoms with Gasteiger partial charge in [0.2, 0.25) is 35.6 Å². The second kappa shape index (κ2) is 45.5. The van der Waals surface area contributed by atoms with Crippen molar-refractivity contribution >= 4 is 179 Å². The summed E-state index contributed by atoms with van der Waals surface area (Å²) in [4.78, 5) is 105. The lowest BCUT2D eigenvalue weighted by Gasteiger charge is -2.34. The predicted octanol–water partition coefficient (Wildman–Crippen LogP) is 19.1. The lowest BCUT2D eigenvalue weighted by Crippen LogP contribution is -2.44. The number of nitrogens with one attached hydrogen (secondary N) is 11. The molecular formula is C99H106Cl3N23O7. The molecule has 11 N–H and O–H groups in total. The highest BCUT2D eigenvalue weighted by Crippen LogP contribution is 2.43. The maximum Gasteiger partial charge on any atom is 0.261 e. The number of rotatable bonds is 30. The maximum atomic E-state index is 13.8. The first kappa shape index (κ1) is 94.9. The third-order valence-electron chi connectivity index (χ3n) is 22.2. The second-order valence-electron chi connectivity index (χ2n) is 31.4. The monoisotopic (exact) mass is 1830 g/mol. The van der Waals surface area contributed by atoms with Crippen molar-refractivity contribution in [2.75, 3.05) is 180 Å². The quantitative estimate of drug-likeness (QED) is 0.0186. The van der Waals surface area contributed by atoms with E-state index in [-0.39, 0.29) is 63.7 Å². The first-order valence-corrected chi connectivity index (χ1v) is 44.1. The minimum atomic E-state index is -0.567. The number of piperazine rings is 3. The largest absolute Gasteiger partial charge is 0.495 e. The maximum absolute atomic E-state index is 13.8. The summed E-state index contributed by atoms with van der Waals surface area (Å²) < 4.78 is 11.6. The van der Waals surface area contributed by atoms with Gasteiger partial charge in [0.25, 0.3) is 11.8 Å². The van der Waals surface area contributed by atoms with Gasteiger partial charge in [-0.15, -0.1) is 0 Å². The number of hydrogen-bond acceptors (Lipinski definition) is 25. The normalized spacial score (nSPS) is 13.2. The molecule has 680 valence electrons. The molecule has 0 radical (unpaired) electrons. The van der Waals surface area contributed by atoms with E-state index in [0.717, 1.165) is 135 Å². The van der Waals surface area contributed by atoms with Crippen molar-refractivity contribution in [3.8, 4) is 11.5 Å². The van der Waals surface area contributed by atoms with Crippen molar-refractivity contribution in [2.24, 2.45) is 0 Å². The van der Waals surface area contributed by atoms with Gasteiger partial charge in [-0.25, -0.2) is 15.0 Å². The summed E-state index contributed by atoms with van der Waals surface area (Å²) in [6.45, 7) is 30.7.